The van der Waals surface area contributed by atoms with Gasteiger partial charge in [0.1, 0.15) is 0 Å². The van der Waals surface area contributed by atoms with Crippen LogP contribution in [0.5, 0.6) is 0 Å². The van der Waals surface area contributed by atoms with Crippen molar-refractivity contribution in [2.24, 2.45) is 5.84 Å². The first-order valence-corrected chi connectivity index (χ1v) is 7.54. The lowest BCUT2D eigenvalue weighted by Crippen LogP contribution is -2.29. The molecule has 0 fully saturated rings. The maximum absolute atomic E-state index is 6.19. The van der Waals surface area contributed by atoms with Crippen LogP contribution in [0, 0.1) is 0 Å². The Hall–Kier alpha value is -0.710. The van der Waals surface area contributed by atoms with E-state index in [1.165, 1.54) is 4.90 Å². The monoisotopic (exact) mass is 312 g/mol. The van der Waals surface area contributed by atoms with Crippen molar-refractivity contribution < 1.29 is 0 Å². The molecule has 1 unspecified atom stereocenters. The van der Waals surface area contributed by atoms with E-state index < -0.39 is 0 Å². The van der Waals surface area contributed by atoms with Crippen LogP contribution in [0.3, 0.4) is 0 Å². The van der Waals surface area contributed by atoms with Gasteiger partial charge in [-0.1, -0.05) is 41.4 Å². The number of hydrogen-bond acceptors (Lipinski definition) is 3. The zero-order valence-electron chi connectivity index (χ0n) is 10.1. The average Bonchev–Trinajstić information content (AvgIpc) is 2.44. The van der Waals surface area contributed by atoms with Crippen LogP contribution in [0.2, 0.25) is 10.0 Å². The predicted molar refractivity (Wildman–Crippen MR) is 83.7 cm³/mol. The normalized spacial score (nSPS) is 12.4. The fraction of sp³-hybridized carbons (Fsp3) is 0.143. The van der Waals surface area contributed by atoms with Crippen LogP contribution in [0.25, 0.3) is 0 Å². The van der Waals surface area contributed by atoms with Crippen molar-refractivity contribution in [3.05, 3.63) is 64.1 Å². The molecule has 2 nitrogen and oxygen atoms in total. The van der Waals surface area contributed by atoms with E-state index in [1.54, 1.807) is 23.9 Å². The molecule has 0 spiro atoms. The van der Waals surface area contributed by atoms with E-state index in [-0.39, 0.29) is 6.04 Å². The summed E-state index contributed by atoms with van der Waals surface area (Å²) in [6.45, 7) is 0. The minimum absolute atomic E-state index is 0.0450. The fourth-order valence-electron chi connectivity index (χ4n) is 1.71. The van der Waals surface area contributed by atoms with Crippen LogP contribution in [0.1, 0.15) is 11.6 Å². The molecular formula is C14H14Cl2N2S. The van der Waals surface area contributed by atoms with E-state index >= 15 is 0 Å². The second-order valence-electron chi connectivity index (χ2n) is 4.01. The Morgan fingerprint density at radius 2 is 1.84 bits per heavy atom. The molecule has 0 saturated heterocycles. The summed E-state index contributed by atoms with van der Waals surface area (Å²) in [5.41, 5.74) is 3.71. The molecule has 100 valence electrons. The minimum atomic E-state index is -0.0450. The van der Waals surface area contributed by atoms with Crippen molar-refractivity contribution in [1.29, 1.82) is 0 Å². The van der Waals surface area contributed by atoms with Crippen LogP contribution in [-0.2, 0) is 0 Å². The van der Waals surface area contributed by atoms with E-state index in [2.05, 4.69) is 17.6 Å². The summed E-state index contributed by atoms with van der Waals surface area (Å²) in [7, 11) is 0. The third-order valence-corrected chi connectivity index (χ3v) is 4.38. The Kier molecular flexibility index (Phi) is 5.55. The van der Waals surface area contributed by atoms with Gasteiger partial charge in [-0.15, -0.1) is 11.8 Å². The van der Waals surface area contributed by atoms with Gasteiger partial charge in [-0.3, -0.25) is 11.3 Å². The molecule has 0 bridgehead atoms. The molecule has 1 atom stereocenters. The first-order chi connectivity index (χ1) is 9.20. The van der Waals surface area contributed by atoms with Gasteiger partial charge in [-0.05, 0) is 35.9 Å². The van der Waals surface area contributed by atoms with Gasteiger partial charge in [-0.25, -0.2) is 0 Å². The smallest absolute Gasteiger partial charge is 0.0569 e. The summed E-state index contributed by atoms with van der Waals surface area (Å²) in [5, 5.41) is 1.32. The van der Waals surface area contributed by atoms with E-state index in [0.717, 1.165) is 11.3 Å². The van der Waals surface area contributed by atoms with Gasteiger partial charge in [0.25, 0.3) is 0 Å². The highest BCUT2D eigenvalue weighted by atomic mass is 35.5. The number of nitrogens with one attached hydrogen (secondary N) is 1. The van der Waals surface area contributed by atoms with E-state index in [1.807, 2.05) is 24.3 Å². The molecule has 19 heavy (non-hydrogen) atoms. The highest BCUT2D eigenvalue weighted by Gasteiger charge is 2.14. The number of hydrogen-bond donors (Lipinski definition) is 2. The van der Waals surface area contributed by atoms with Gasteiger partial charge in [0, 0.05) is 20.7 Å². The van der Waals surface area contributed by atoms with E-state index in [4.69, 9.17) is 29.0 Å². The summed E-state index contributed by atoms with van der Waals surface area (Å²) >= 11 is 13.9. The van der Waals surface area contributed by atoms with Gasteiger partial charge in [-0.2, -0.15) is 0 Å². The maximum atomic E-state index is 6.19. The molecular weight excluding hydrogens is 299 g/mol. The molecule has 0 radical (unpaired) electrons. The third-order valence-electron chi connectivity index (χ3n) is 2.69. The molecule has 2 aromatic rings. The zero-order valence-corrected chi connectivity index (χ0v) is 12.5. The van der Waals surface area contributed by atoms with Crippen LogP contribution in [0.15, 0.2) is 53.4 Å². The highest BCUT2D eigenvalue weighted by molar-refractivity contribution is 7.99. The Balaban J connectivity index is 2.10. The largest absolute Gasteiger partial charge is 0.271 e. The van der Waals surface area contributed by atoms with Crippen LogP contribution < -0.4 is 11.3 Å². The molecule has 0 heterocycles. The Labute approximate surface area is 127 Å². The lowest BCUT2D eigenvalue weighted by molar-refractivity contribution is 0.611. The summed E-state index contributed by atoms with van der Waals surface area (Å²) in [5.74, 6) is 6.40. The summed E-state index contributed by atoms with van der Waals surface area (Å²) < 4.78 is 0. The van der Waals surface area contributed by atoms with Gasteiger partial charge in [0.2, 0.25) is 0 Å². The third kappa shape index (κ3) is 4.13. The number of halogens is 2. The van der Waals surface area contributed by atoms with Crippen LogP contribution >= 0.6 is 35.0 Å². The molecule has 0 aliphatic carbocycles. The number of benzene rings is 2. The first-order valence-electron chi connectivity index (χ1n) is 5.79. The van der Waals surface area contributed by atoms with E-state index in [9.17, 15) is 0 Å². The van der Waals surface area contributed by atoms with Crippen LogP contribution in [-0.4, -0.2) is 5.75 Å². The Morgan fingerprint density at radius 1 is 1.11 bits per heavy atom. The zero-order chi connectivity index (χ0) is 13.7. The fourth-order valence-corrected chi connectivity index (χ4v) is 3.12. The maximum Gasteiger partial charge on any atom is 0.0569 e. The topological polar surface area (TPSA) is 38.0 Å². The molecule has 3 N–H and O–H groups in total. The van der Waals surface area contributed by atoms with Gasteiger partial charge in [0.15, 0.2) is 0 Å². The van der Waals surface area contributed by atoms with Gasteiger partial charge >= 0.3 is 0 Å². The summed E-state index contributed by atoms with van der Waals surface area (Å²) in [6, 6.07) is 15.5. The number of hydrazine groups is 1. The highest BCUT2D eigenvalue weighted by Crippen LogP contribution is 2.30. The van der Waals surface area contributed by atoms with Gasteiger partial charge < -0.3 is 0 Å². The van der Waals surface area contributed by atoms with Crippen molar-refractivity contribution in [1.82, 2.24) is 5.43 Å². The molecule has 2 rings (SSSR count). The first kappa shape index (κ1) is 14.7. The Morgan fingerprint density at radius 3 is 2.53 bits per heavy atom. The van der Waals surface area contributed by atoms with Gasteiger partial charge in [0.05, 0.1) is 6.04 Å². The lowest BCUT2D eigenvalue weighted by Gasteiger charge is -2.17. The van der Waals surface area contributed by atoms with Crippen molar-refractivity contribution in [2.45, 2.75) is 10.9 Å². The molecule has 5 heteroatoms. The quantitative estimate of drug-likeness (QED) is 0.491. The Bertz CT molecular complexity index is 534. The number of rotatable bonds is 5. The predicted octanol–water partition coefficient (Wildman–Crippen LogP) is 4.29. The molecule has 2 aromatic carbocycles. The average molecular weight is 313 g/mol. The molecule has 0 aliphatic rings. The number of nitrogens with two attached hydrogens (primary N) is 1. The molecule has 0 aromatic heterocycles. The lowest BCUT2D eigenvalue weighted by atomic mass is 10.1. The van der Waals surface area contributed by atoms with Crippen LogP contribution in [0.4, 0.5) is 0 Å². The van der Waals surface area contributed by atoms with Crippen molar-refractivity contribution in [3.63, 3.8) is 0 Å². The van der Waals surface area contributed by atoms with Crippen molar-refractivity contribution in [2.75, 3.05) is 5.75 Å². The van der Waals surface area contributed by atoms with Crippen molar-refractivity contribution in [3.8, 4) is 0 Å². The number of thioether (sulfide) groups is 1. The second kappa shape index (κ2) is 7.17. The summed E-state index contributed by atoms with van der Waals surface area (Å²) in [6.07, 6.45) is 0. The second-order valence-corrected chi connectivity index (χ2v) is 5.95. The summed E-state index contributed by atoms with van der Waals surface area (Å²) in [4.78, 5) is 1.20. The minimum Gasteiger partial charge on any atom is -0.271 e. The SMILES string of the molecule is NNC(CSc1ccccc1)c1cc(Cl)ccc1Cl. The molecule has 0 saturated carbocycles. The standard InChI is InChI=1S/C14H14Cl2N2S/c15-10-6-7-13(16)12(8-10)14(18-17)9-19-11-4-2-1-3-5-11/h1-8,14,18H,9,17H2. The molecule has 0 amide bonds. The van der Waals surface area contributed by atoms with Crippen molar-refractivity contribution >= 4 is 35.0 Å². The van der Waals surface area contributed by atoms with E-state index in [0.29, 0.717) is 10.0 Å². The molecule has 0 aliphatic heterocycles.